The molecule has 5 nitrogen and oxygen atoms in total. The molecule has 0 spiro atoms. The number of hydrogen-bond acceptors (Lipinski definition) is 5. The molecule has 2 N–H and O–H groups in total. The Morgan fingerprint density at radius 2 is 2.00 bits per heavy atom. The van der Waals surface area contributed by atoms with Crippen molar-refractivity contribution in [2.75, 3.05) is 10.6 Å². The van der Waals surface area contributed by atoms with E-state index in [2.05, 4.69) is 46.6 Å². The number of hydrogen-bond donors (Lipinski definition) is 2. The van der Waals surface area contributed by atoms with Gasteiger partial charge in [0.25, 0.3) is 0 Å². The smallest absolute Gasteiger partial charge is 0.249 e. The van der Waals surface area contributed by atoms with Gasteiger partial charge in [-0.05, 0) is 39.0 Å². The first kappa shape index (κ1) is 13.5. The van der Waals surface area contributed by atoms with E-state index in [-0.39, 0.29) is 5.54 Å². The molecule has 0 saturated heterocycles. The van der Waals surface area contributed by atoms with E-state index in [0.29, 0.717) is 16.8 Å². The predicted molar refractivity (Wildman–Crippen MR) is 77.9 cm³/mol. The average molecular weight is 278 g/mol. The topological polar surface area (TPSA) is 62.7 Å². The molecule has 0 amide bonds. The van der Waals surface area contributed by atoms with Crippen LogP contribution in [0, 0.1) is 0 Å². The molecule has 1 aromatic carbocycles. The highest BCUT2D eigenvalue weighted by molar-refractivity contribution is 6.30. The third kappa shape index (κ3) is 4.37. The van der Waals surface area contributed by atoms with Gasteiger partial charge in [-0.3, -0.25) is 0 Å². The molecule has 6 heteroatoms. The molecule has 1 heterocycles. The lowest BCUT2D eigenvalue weighted by molar-refractivity contribution is 0.629. The van der Waals surface area contributed by atoms with Crippen molar-refractivity contribution in [2.24, 2.45) is 0 Å². The van der Waals surface area contributed by atoms with Crippen molar-refractivity contribution in [3.8, 4) is 0 Å². The van der Waals surface area contributed by atoms with Crippen molar-refractivity contribution in [1.29, 1.82) is 0 Å². The first-order valence-electron chi connectivity index (χ1n) is 5.93. The molecule has 19 heavy (non-hydrogen) atoms. The van der Waals surface area contributed by atoms with Gasteiger partial charge < -0.3 is 10.6 Å². The molecule has 1 aromatic heterocycles. The second kappa shape index (κ2) is 5.40. The lowest BCUT2D eigenvalue weighted by Crippen LogP contribution is -2.27. The van der Waals surface area contributed by atoms with Gasteiger partial charge in [-0.1, -0.05) is 17.7 Å². The van der Waals surface area contributed by atoms with Gasteiger partial charge in [-0.15, -0.1) is 5.10 Å². The summed E-state index contributed by atoms with van der Waals surface area (Å²) in [7, 11) is 0. The second-order valence-electron chi connectivity index (χ2n) is 5.18. The van der Waals surface area contributed by atoms with Crippen LogP contribution in [-0.2, 0) is 0 Å². The zero-order chi connectivity index (χ0) is 13.9. The highest BCUT2D eigenvalue weighted by atomic mass is 35.5. The summed E-state index contributed by atoms with van der Waals surface area (Å²) in [4.78, 5) is 4.34. The Morgan fingerprint density at radius 1 is 1.21 bits per heavy atom. The van der Waals surface area contributed by atoms with Gasteiger partial charge in [0.1, 0.15) is 0 Å². The van der Waals surface area contributed by atoms with E-state index >= 15 is 0 Å². The fourth-order valence-electron chi connectivity index (χ4n) is 1.50. The Bertz CT molecular complexity index is 565. The lowest BCUT2D eigenvalue weighted by Gasteiger charge is -2.20. The first-order chi connectivity index (χ1) is 8.92. The zero-order valence-corrected chi connectivity index (χ0v) is 11.9. The van der Waals surface area contributed by atoms with E-state index in [1.807, 2.05) is 18.2 Å². The predicted octanol–water partition coefficient (Wildman–Crippen LogP) is 3.48. The molecule has 0 aliphatic rings. The van der Waals surface area contributed by atoms with Gasteiger partial charge in [0.2, 0.25) is 5.95 Å². The maximum absolute atomic E-state index is 5.92. The minimum Gasteiger partial charge on any atom is -0.364 e. The summed E-state index contributed by atoms with van der Waals surface area (Å²) in [6.07, 6.45) is 1.59. The molecular formula is C13H16ClN5. The highest BCUT2D eigenvalue weighted by Gasteiger charge is 2.11. The van der Waals surface area contributed by atoms with Gasteiger partial charge in [-0.2, -0.15) is 10.1 Å². The van der Waals surface area contributed by atoms with Crippen LogP contribution in [0.1, 0.15) is 20.8 Å². The van der Waals surface area contributed by atoms with E-state index in [1.54, 1.807) is 12.3 Å². The molecule has 0 saturated carbocycles. The molecule has 2 rings (SSSR count). The molecular weight excluding hydrogens is 262 g/mol. The van der Waals surface area contributed by atoms with Gasteiger partial charge in [0.15, 0.2) is 5.82 Å². The van der Waals surface area contributed by atoms with Gasteiger partial charge in [-0.25, -0.2) is 0 Å². The standard InChI is InChI=1S/C13H16ClN5/c1-13(2,3)18-11-8-15-19-12(17-11)16-10-6-4-5-9(14)7-10/h4-8H,1-3H3,(H2,16,17,18,19). The maximum Gasteiger partial charge on any atom is 0.249 e. The van der Waals surface area contributed by atoms with Crippen molar-refractivity contribution in [3.63, 3.8) is 0 Å². The Balaban J connectivity index is 2.15. The first-order valence-corrected chi connectivity index (χ1v) is 6.31. The van der Waals surface area contributed by atoms with Crippen LogP contribution >= 0.6 is 11.6 Å². The van der Waals surface area contributed by atoms with E-state index in [4.69, 9.17) is 11.6 Å². The van der Waals surface area contributed by atoms with Crippen molar-refractivity contribution in [3.05, 3.63) is 35.5 Å². The number of aromatic nitrogens is 3. The van der Waals surface area contributed by atoms with Crippen molar-refractivity contribution in [1.82, 2.24) is 15.2 Å². The number of rotatable bonds is 3. The van der Waals surface area contributed by atoms with Crippen LogP contribution in [0.25, 0.3) is 0 Å². The van der Waals surface area contributed by atoms with Crippen LogP contribution in [-0.4, -0.2) is 20.7 Å². The van der Waals surface area contributed by atoms with Gasteiger partial charge in [0, 0.05) is 16.2 Å². The highest BCUT2D eigenvalue weighted by Crippen LogP contribution is 2.18. The molecule has 0 aliphatic heterocycles. The maximum atomic E-state index is 5.92. The number of benzene rings is 1. The number of halogens is 1. The van der Waals surface area contributed by atoms with Crippen LogP contribution in [0.3, 0.4) is 0 Å². The quantitative estimate of drug-likeness (QED) is 0.899. The fourth-order valence-corrected chi connectivity index (χ4v) is 1.69. The van der Waals surface area contributed by atoms with Crippen molar-refractivity contribution < 1.29 is 0 Å². The van der Waals surface area contributed by atoms with Gasteiger partial charge in [0.05, 0.1) is 6.20 Å². The number of nitrogens with one attached hydrogen (secondary N) is 2. The molecule has 2 aromatic rings. The van der Waals surface area contributed by atoms with Gasteiger partial charge >= 0.3 is 0 Å². The van der Waals surface area contributed by atoms with Crippen LogP contribution < -0.4 is 10.6 Å². The van der Waals surface area contributed by atoms with E-state index in [1.165, 1.54) is 0 Å². The molecule has 0 radical (unpaired) electrons. The summed E-state index contributed by atoms with van der Waals surface area (Å²) in [6.45, 7) is 6.16. The van der Waals surface area contributed by atoms with Crippen LogP contribution in [0.5, 0.6) is 0 Å². The van der Waals surface area contributed by atoms with Crippen molar-refractivity contribution in [2.45, 2.75) is 26.3 Å². The van der Waals surface area contributed by atoms with E-state index < -0.39 is 0 Å². The molecule has 0 bridgehead atoms. The summed E-state index contributed by atoms with van der Waals surface area (Å²) < 4.78 is 0. The summed E-state index contributed by atoms with van der Waals surface area (Å²) in [5, 5.41) is 14.8. The van der Waals surface area contributed by atoms with Crippen LogP contribution in [0.15, 0.2) is 30.5 Å². The summed E-state index contributed by atoms with van der Waals surface area (Å²) >= 11 is 5.92. The third-order valence-corrected chi connectivity index (χ3v) is 2.38. The Morgan fingerprint density at radius 3 is 2.68 bits per heavy atom. The Hall–Kier alpha value is -1.88. The minimum absolute atomic E-state index is 0.0800. The molecule has 0 aliphatic carbocycles. The minimum atomic E-state index is -0.0800. The number of anilines is 3. The van der Waals surface area contributed by atoms with E-state index in [9.17, 15) is 0 Å². The Kier molecular flexibility index (Phi) is 3.85. The van der Waals surface area contributed by atoms with Crippen LogP contribution in [0.4, 0.5) is 17.5 Å². The molecule has 0 unspecified atom stereocenters. The average Bonchev–Trinajstić information content (AvgIpc) is 2.27. The summed E-state index contributed by atoms with van der Waals surface area (Å²) in [5.74, 6) is 1.10. The zero-order valence-electron chi connectivity index (χ0n) is 11.1. The summed E-state index contributed by atoms with van der Waals surface area (Å²) in [5.41, 5.74) is 0.741. The largest absolute Gasteiger partial charge is 0.364 e. The fraction of sp³-hybridized carbons (Fsp3) is 0.308. The van der Waals surface area contributed by atoms with Crippen molar-refractivity contribution >= 4 is 29.1 Å². The molecule has 0 fully saturated rings. The normalized spacial score (nSPS) is 11.2. The Labute approximate surface area is 117 Å². The van der Waals surface area contributed by atoms with Crippen LogP contribution in [0.2, 0.25) is 5.02 Å². The summed E-state index contributed by atoms with van der Waals surface area (Å²) in [6, 6.07) is 7.35. The lowest BCUT2D eigenvalue weighted by atomic mass is 10.1. The monoisotopic (exact) mass is 277 g/mol. The van der Waals surface area contributed by atoms with E-state index in [0.717, 1.165) is 5.69 Å². The number of nitrogens with zero attached hydrogens (tertiary/aromatic N) is 3. The second-order valence-corrected chi connectivity index (χ2v) is 5.61. The molecule has 0 atom stereocenters. The SMILES string of the molecule is CC(C)(C)Nc1cnnc(Nc2cccc(Cl)c2)n1. The molecule has 100 valence electrons. The third-order valence-electron chi connectivity index (χ3n) is 2.14.